The second-order valence-electron chi connectivity index (χ2n) is 9.85. The third-order valence-corrected chi connectivity index (χ3v) is 6.62. The fourth-order valence-corrected chi connectivity index (χ4v) is 4.36. The summed E-state index contributed by atoms with van der Waals surface area (Å²) in [7, 11) is 2.99. The number of ether oxygens (including phenoxy) is 3. The van der Waals surface area contributed by atoms with Crippen molar-refractivity contribution in [1.29, 1.82) is 0 Å². The zero-order chi connectivity index (χ0) is 29.9. The number of nitrogens with zero attached hydrogens (tertiary/aromatic N) is 1. The number of rotatable bonds is 4. The molecule has 222 valence electrons. The fourth-order valence-electron chi connectivity index (χ4n) is 4.36. The number of aliphatic hydroxyl groups is 1. The summed E-state index contributed by atoms with van der Waals surface area (Å²) in [6, 6.07) is 9.10. The molecule has 0 radical (unpaired) electrons. The van der Waals surface area contributed by atoms with Gasteiger partial charge in [0, 0.05) is 18.7 Å². The zero-order valence-electron chi connectivity index (χ0n) is 23.8. The molecule has 0 spiro atoms. The van der Waals surface area contributed by atoms with Crippen molar-refractivity contribution in [3.05, 3.63) is 47.5 Å². The van der Waals surface area contributed by atoms with Gasteiger partial charge in [0.1, 0.15) is 24.1 Å². The quantitative estimate of drug-likeness (QED) is 0.432. The van der Waals surface area contributed by atoms with Gasteiger partial charge in [-0.05, 0) is 49.1 Å². The van der Waals surface area contributed by atoms with Crippen molar-refractivity contribution in [3.8, 4) is 23.0 Å². The standard InChI is InChI=1S/C29H38N4O8/c1-18(2)27-29(38)31-15-20-21(39-3)8-7-9-22(20)41-24-14-19(10-11-23(24)40-4)28(37)30-12-5-6-13-33(26(36)17-34)16-25(35)32-27/h7-11,14,18,27,34H,5-6,12-13,15-17H2,1-4H3,(H,30,37)(H,31,38)(H,32,35)/t27-/m1/s1. The summed E-state index contributed by atoms with van der Waals surface area (Å²) in [5.74, 6) is -0.634. The van der Waals surface area contributed by atoms with Gasteiger partial charge in [-0.25, -0.2) is 0 Å². The van der Waals surface area contributed by atoms with Gasteiger partial charge in [0.15, 0.2) is 11.5 Å². The van der Waals surface area contributed by atoms with Crippen LogP contribution in [0.4, 0.5) is 0 Å². The average Bonchev–Trinajstić information content (AvgIpc) is 2.96. The molecular formula is C29H38N4O8. The number of fused-ring (bicyclic) bond motifs is 3. The van der Waals surface area contributed by atoms with Crippen molar-refractivity contribution < 1.29 is 38.5 Å². The Hall–Kier alpha value is -4.32. The molecule has 1 aliphatic rings. The van der Waals surface area contributed by atoms with Crippen LogP contribution in [0, 0.1) is 5.92 Å². The second kappa shape index (κ2) is 14.9. The lowest BCUT2D eigenvalue weighted by Crippen LogP contribution is -2.52. The van der Waals surface area contributed by atoms with Crippen molar-refractivity contribution in [2.45, 2.75) is 39.3 Å². The molecule has 0 aliphatic carbocycles. The summed E-state index contributed by atoms with van der Waals surface area (Å²) in [6.45, 7) is 3.05. The van der Waals surface area contributed by atoms with E-state index in [0.717, 1.165) is 0 Å². The highest BCUT2D eigenvalue weighted by atomic mass is 16.5. The predicted octanol–water partition coefficient (Wildman–Crippen LogP) is 1.60. The van der Waals surface area contributed by atoms with Crippen LogP contribution in [0.3, 0.4) is 0 Å². The predicted molar refractivity (Wildman–Crippen MR) is 150 cm³/mol. The lowest BCUT2D eigenvalue weighted by molar-refractivity contribution is -0.139. The van der Waals surface area contributed by atoms with Crippen LogP contribution in [-0.2, 0) is 20.9 Å². The van der Waals surface area contributed by atoms with Gasteiger partial charge in [-0.15, -0.1) is 0 Å². The number of hydrogen-bond acceptors (Lipinski definition) is 8. The minimum absolute atomic E-state index is 0.00882. The normalized spacial score (nSPS) is 17.4. The van der Waals surface area contributed by atoms with Gasteiger partial charge < -0.3 is 40.2 Å². The number of methoxy groups -OCH3 is 2. The van der Waals surface area contributed by atoms with Crippen molar-refractivity contribution in [2.24, 2.45) is 5.92 Å². The monoisotopic (exact) mass is 570 g/mol. The highest BCUT2D eigenvalue weighted by molar-refractivity contribution is 5.95. The smallest absolute Gasteiger partial charge is 0.251 e. The molecule has 3 rings (SSSR count). The van der Waals surface area contributed by atoms with E-state index in [9.17, 15) is 24.3 Å². The number of benzene rings is 2. The summed E-state index contributed by atoms with van der Waals surface area (Å²) in [5.41, 5.74) is 0.879. The second-order valence-corrected chi connectivity index (χ2v) is 9.85. The van der Waals surface area contributed by atoms with Crippen LogP contribution in [0.1, 0.15) is 42.6 Å². The van der Waals surface area contributed by atoms with E-state index < -0.39 is 30.4 Å². The Morgan fingerprint density at radius 1 is 1.05 bits per heavy atom. The summed E-state index contributed by atoms with van der Waals surface area (Å²) in [5, 5.41) is 17.8. The molecule has 0 aromatic heterocycles. The summed E-state index contributed by atoms with van der Waals surface area (Å²) in [4.78, 5) is 52.5. The Balaban J connectivity index is 1.99. The van der Waals surface area contributed by atoms with Gasteiger partial charge in [0.25, 0.3) is 5.91 Å². The van der Waals surface area contributed by atoms with E-state index >= 15 is 0 Å². The molecule has 1 atom stereocenters. The molecule has 0 saturated heterocycles. The topological polar surface area (TPSA) is 156 Å². The Morgan fingerprint density at radius 2 is 1.80 bits per heavy atom. The van der Waals surface area contributed by atoms with Crippen LogP contribution in [0.5, 0.6) is 23.0 Å². The Kier molecular flexibility index (Phi) is 11.3. The van der Waals surface area contributed by atoms with Crippen molar-refractivity contribution in [2.75, 3.05) is 40.5 Å². The summed E-state index contributed by atoms with van der Waals surface area (Å²) in [6.07, 6.45) is 0.995. The molecule has 2 aromatic rings. The molecule has 0 saturated carbocycles. The maximum absolute atomic E-state index is 13.2. The van der Waals surface area contributed by atoms with Crippen molar-refractivity contribution in [3.63, 3.8) is 0 Å². The molecule has 1 aliphatic heterocycles. The maximum Gasteiger partial charge on any atom is 0.251 e. The van der Waals surface area contributed by atoms with Crippen LogP contribution in [0.15, 0.2) is 36.4 Å². The number of amides is 4. The minimum atomic E-state index is -0.884. The Labute approximate surface area is 239 Å². The highest BCUT2D eigenvalue weighted by Gasteiger charge is 2.27. The van der Waals surface area contributed by atoms with Crippen LogP contribution in [0.2, 0.25) is 0 Å². The molecule has 41 heavy (non-hydrogen) atoms. The summed E-state index contributed by atoms with van der Waals surface area (Å²) < 4.78 is 17.2. The van der Waals surface area contributed by atoms with Gasteiger partial charge in [0.2, 0.25) is 17.7 Å². The molecule has 2 bridgehead atoms. The van der Waals surface area contributed by atoms with Crippen LogP contribution in [0.25, 0.3) is 0 Å². The van der Waals surface area contributed by atoms with Crippen LogP contribution >= 0.6 is 0 Å². The molecule has 0 unspecified atom stereocenters. The first-order valence-electron chi connectivity index (χ1n) is 13.4. The molecular weight excluding hydrogens is 532 g/mol. The Morgan fingerprint density at radius 3 is 2.49 bits per heavy atom. The fraction of sp³-hybridized carbons (Fsp3) is 0.448. The number of hydrogen-bond donors (Lipinski definition) is 4. The molecule has 4 amide bonds. The van der Waals surface area contributed by atoms with E-state index in [2.05, 4.69) is 16.0 Å². The SMILES string of the molecule is COc1ccc2cc1Oc1cccc(OC)c1CNC(=O)[C@@H](C(C)C)NC(=O)CN(C(=O)CO)CCCCNC2=O. The third-order valence-electron chi connectivity index (χ3n) is 6.62. The number of aliphatic hydroxyl groups excluding tert-OH is 1. The Bertz CT molecular complexity index is 1250. The number of carbonyl (C=O) groups is 4. The van der Waals surface area contributed by atoms with Gasteiger partial charge in [-0.1, -0.05) is 19.9 Å². The van der Waals surface area contributed by atoms with Gasteiger partial charge in [0.05, 0.1) is 32.9 Å². The van der Waals surface area contributed by atoms with Gasteiger partial charge in [-0.2, -0.15) is 0 Å². The first kappa shape index (κ1) is 31.2. The van der Waals surface area contributed by atoms with Crippen LogP contribution in [-0.4, -0.2) is 80.1 Å². The van der Waals surface area contributed by atoms with E-state index in [1.807, 2.05) is 0 Å². The highest BCUT2D eigenvalue weighted by Crippen LogP contribution is 2.37. The lowest BCUT2D eigenvalue weighted by atomic mass is 10.0. The lowest BCUT2D eigenvalue weighted by Gasteiger charge is -2.26. The maximum atomic E-state index is 13.2. The van der Waals surface area contributed by atoms with E-state index in [1.54, 1.807) is 50.2 Å². The largest absolute Gasteiger partial charge is 0.496 e. The first-order chi connectivity index (χ1) is 19.7. The molecule has 12 nitrogen and oxygen atoms in total. The molecule has 4 N–H and O–H groups in total. The number of nitrogens with one attached hydrogen (secondary N) is 3. The average molecular weight is 571 g/mol. The van der Waals surface area contributed by atoms with E-state index in [0.29, 0.717) is 53.5 Å². The van der Waals surface area contributed by atoms with E-state index in [4.69, 9.17) is 14.2 Å². The van der Waals surface area contributed by atoms with Crippen LogP contribution < -0.4 is 30.2 Å². The first-order valence-corrected chi connectivity index (χ1v) is 13.4. The van der Waals surface area contributed by atoms with E-state index in [-0.39, 0.29) is 31.5 Å². The van der Waals surface area contributed by atoms with Gasteiger partial charge in [-0.3, -0.25) is 19.2 Å². The van der Waals surface area contributed by atoms with Crippen molar-refractivity contribution >= 4 is 23.6 Å². The molecule has 1 heterocycles. The third kappa shape index (κ3) is 8.34. The molecule has 12 heteroatoms. The summed E-state index contributed by atoms with van der Waals surface area (Å²) >= 11 is 0. The minimum Gasteiger partial charge on any atom is -0.496 e. The van der Waals surface area contributed by atoms with Gasteiger partial charge >= 0.3 is 0 Å². The number of carbonyl (C=O) groups excluding carboxylic acids is 4. The van der Waals surface area contributed by atoms with Crippen molar-refractivity contribution in [1.82, 2.24) is 20.9 Å². The zero-order valence-corrected chi connectivity index (χ0v) is 23.8. The molecule has 0 fully saturated rings. The molecule has 2 aromatic carbocycles. The van der Waals surface area contributed by atoms with E-state index in [1.165, 1.54) is 19.1 Å².